The van der Waals surface area contributed by atoms with E-state index in [-0.39, 0.29) is 17.4 Å². The summed E-state index contributed by atoms with van der Waals surface area (Å²) in [4.78, 5) is 13.5. The predicted octanol–water partition coefficient (Wildman–Crippen LogP) is -1.43. The van der Waals surface area contributed by atoms with E-state index in [0.717, 1.165) is 25.3 Å². The molecule has 0 aliphatic carbocycles. The van der Waals surface area contributed by atoms with Crippen molar-refractivity contribution in [3.63, 3.8) is 0 Å². The zero-order chi connectivity index (χ0) is 10.9. The Hall–Kier alpha value is -0.300. The van der Waals surface area contributed by atoms with Crippen LogP contribution in [0.5, 0.6) is 0 Å². The number of thioether (sulfide) groups is 1. The number of aliphatic hydroxyl groups excluding tert-OH is 1. The van der Waals surface area contributed by atoms with E-state index in [4.69, 9.17) is 10.8 Å². The molecular formula is C9H17N3O2S. The number of nitrogens with two attached hydrogens (primary N) is 1. The van der Waals surface area contributed by atoms with Gasteiger partial charge in [0.25, 0.3) is 0 Å². The summed E-state index contributed by atoms with van der Waals surface area (Å²) >= 11 is 1.88. The number of amides is 1. The van der Waals surface area contributed by atoms with Gasteiger partial charge in [0.2, 0.25) is 5.91 Å². The molecule has 0 aromatic heterocycles. The minimum absolute atomic E-state index is 0.0604. The number of hydrogen-bond acceptors (Lipinski definition) is 5. The molecule has 2 aliphatic heterocycles. The quantitative estimate of drug-likeness (QED) is 0.543. The Bertz CT molecular complexity index is 256. The van der Waals surface area contributed by atoms with Crippen LogP contribution in [0.4, 0.5) is 0 Å². The highest BCUT2D eigenvalue weighted by atomic mass is 32.2. The molecule has 1 spiro atoms. The molecule has 2 unspecified atom stereocenters. The molecule has 86 valence electrons. The Morgan fingerprint density at radius 2 is 2.53 bits per heavy atom. The van der Waals surface area contributed by atoms with E-state index in [0.29, 0.717) is 6.54 Å². The monoisotopic (exact) mass is 231 g/mol. The zero-order valence-electron chi connectivity index (χ0n) is 8.61. The van der Waals surface area contributed by atoms with Crippen molar-refractivity contribution in [2.45, 2.75) is 17.3 Å². The summed E-state index contributed by atoms with van der Waals surface area (Å²) in [5.41, 5.74) is 5.51. The molecular weight excluding hydrogens is 214 g/mol. The molecule has 0 bridgehead atoms. The molecule has 4 N–H and O–H groups in total. The van der Waals surface area contributed by atoms with E-state index in [1.807, 2.05) is 11.8 Å². The Kier molecular flexibility index (Phi) is 3.20. The first-order chi connectivity index (χ1) is 7.17. The molecule has 6 heteroatoms. The van der Waals surface area contributed by atoms with Crippen LogP contribution in [0.2, 0.25) is 0 Å². The van der Waals surface area contributed by atoms with Gasteiger partial charge in [0.05, 0.1) is 11.5 Å². The number of nitrogens with one attached hydrogen (secondary N) is 1. The molecule has 5 nitrogen and oxygen atoms in total. The molecule has 2 saturated heterocycles. The van der Waals surface area contributed by atoms with Crippen LogP contribution in [-0.4, -0.2) is 58.8 Å². The van der Waals surface area contributed by atoms with E-state index in [9.17, 15) is 4.79 Å². The van der Waals surface area contributed by atoms with Crippen LogP contribution in [0.1, 0.15) is 6.42 Å². The minimum atomic E-state index is -0.758. The topological polar surface area (TPSA) is 78.6 Å². The van der Waals surface area contributed by atoms with Crippen molar-refractivity contribution in [1.82, 2.24) is 10.2 Å². The van der Waals surface area contributed by atoms with Crippen molar-refractivity contribution in [1.29, 1.82) is 0 Å². The summed E-state index contributed by atoms with van der Waals surface area (Å²) in [5.74, 6) is 0.970. The first kappa shape index (κ1) is 11.2. The van der Waals surface area contributed by atoms with Crippen molar-refractivity contribution in [2.75, 3.05) is 32.0 Å². The number of carbonyl (C=O) groups excluding carboxylic acids is 1. The molecule has 0 aromatic carbocycles. The fraction of sp³-hybridized carbons (Fsp3) is 0.889. The maximum atomic E-state index is 11.7. The molecule has 15 heavy (non-hydrogen) atoms. The maximum Gasteiger partial charge on any atom is 0.241 e. The van der Waals surface area contributed by atoms with E-state index in [1.165, 1.54) is 0 Å². The second-order valence-electron chi connectivity index (χ2n) is 4.07. The van der Waals surface area contributed by atoms with Crippen LogP contribution in [0.3, 0.4) is 0 Å². The van der Waals surface area contributed by atoms with E-state index < -0.39 is 6.04 Å². The largest absolute Gasteiger partial charge is 0.394 e. The second-order valence-corrected chi connectivity index (χ2v) is 5.55. The highest BCUT2D eigenvalue weighted by Crippen LogP contribution is 2.36. The van der Waals surface area contributed by atoms with E-state index in [1.54, 1.807) is 4.90 Å². The van der Waals surface area contributed by atoms with Crippen molar-refractivity contribution in [3.05, 3.63) is 0 Å². The minimum Gasteiger partial charge on any atom is -0.394 e. The van der Waals surface area contributed by atoms with Gasteiger partial charge in [-0.25, -0.2) is 0 Å². The predicted molar refractivity (Wildman–Crippen MR) is 59.4 cm³/mol. The smallest absolute Gasteiger partial charge is 0.241 e. The zero-order valence-corrected chi connectivity index (χ0v) is 9.42. The maximum absolute atomic E-state index is 11.7. The van der Waals surface area contributed by atoms with E-state index >= 15 is 0 Å². The average molecular weight is 231 g/mol. The molecule has 2 rings (SSSR count). The number of carbonyl (C=O) groups is 1. The Balaban J connectivity index is 1.94. The lowest BCUT2D eigenvalue weighted by molar-refractivity contribution is -0.132. The molecule has 2 heterocycles. The number of rotatable bonds is 2. The number of likely N-dealkylation sites (tertiary alicyclic amines) is 1. The van der Waals surface area contributed by atoms with Crippen molar-refractivity contribution in [2.24, 2.45) is 5.73 Å². The van der Waals surface area contributed by atoms with Gasteiger partial charge in [-0.1, -0.05) is 0 Å². The van der Waals surface area contributed by atoms with Gasteiger partial charge in [-0.2, -0.15) is 0 Å². The van der Waals surface area contributed by atoms with Gasteiger partial charge in [0.1, 0.15) is 6.04 Å². The van der Waals surface area contributed by atoms with Gasteiger partial charge < -0.3 is 21.1 Å². The van der Waals surface area contributed by atoms with Gasteiger partial charge in [-0.3, -0.25) is 4.79 Å². The average Bonchev–Trinajstić information content (AvgIpc) is 2.88. The Morgan fingerprint density at radius 3 is 3.13 bits per heavy atom. The summed E-state index contributed by atoms with van der Waals surface area (Å²) < 4.78 is 0. The van der Waals surface area contributed by atoms with E-state index in [2.05, 4.69) is 5.32 Å². The van der Waals surface area contributed by atoms with Crippen LogP contribution in [0.25, 0.3) is 0 Å². The van der Waals surface area contributed by atoms with Crippen LogP contribution in [0.15, 0.2) is 0 Å². The molecule has 2 atom stereocenters. The van der Waals surface area contributed by atoms with Gasteiger partial charge in [0.15, 0.2) is 0 Å². The fourth-order valence-electron chi connectivity index (χ4n) is 2.12. The highest BCUT2D eigenvalue weighted by Gasteiger charge is 2.43. The van der Waals surface area contributed by atoms with Crippen LogP contribution < -0.4 is 11.1 Å². The van der Waals surface area contributed by atoms with Crippen molar-refractivity contribution < 1.29 is 9.90 Å². The summed E-state index contributed by atoms with van der Waals surface area (Å²) in [6, 6.07) is -0.758. The molecule has 2 fully saturated rings. The molecule has 0 radical (unpaired) electrons. The highest BCUT2D eigenvalue weighted by molar-refractivity contribution is 8.00. The van der Waals surface area contributed by atoms with Crippen molar-refractivity contribution >= 4 is 17.7 Å². The van der Waals surface area contributed by atoms with Gasteiger partial charge in [-0.05, 0) is 6.42 Å². The third-order valence-corrected chi connectivity index (χ3v) is 4.42. The SMILES string of the molecule is NC(CO)C(=O)N1CCC2(C1)NCCS2. The number of hydrogen-bond donors (Lipinski definition) is 3. The Morgan fingerprint density at radius 1 is 1.73 bits per heavy atom. The number of aliphatic hydroxyl groups is 1. The third-order valence-electron chi connectivity index (χ3n) is 2.98. The molecule has 1 amide bonds. The van der Waals surface area contributed by atoms with Gasteiger partial charge in [-0.15, -0.1) is 11.8 Å². The lowest BCUT2D eigenvalue weighted by Crippen LogP contribution is -2.47. The van der Waals surface area contributed by atoms with Crippen LogP contribution in [0, 0.1) is 0 Å². The molecule has 2 aliphatic rings. The summed E-state index contributed by atoms with van der Waals surface area (Å²) in [7, 11) is 0. The third kappa shape index (κ3) is 2.13. The number of nitrogens with zero attached hydrogens (tertiary/aromatic N) is 1. The van der Waals surface area contributed by atoms with Crippen LogP contribution in [-0.2, 0) is 4.79 Å². The van der Waals surface area contributed by atoms with Gasteiger partial charge >= 0.3 is 0 Å². The lowest BCUT2D eigenvalue weighted by Gasteiger charge is -2.24. The standard InChI is InChI=1S/C9H17N3O2S/c10-7(5-13)8(14)12-3-1-9(6-12)11-2-4-15-9/h7,11,13H,1-6,10H2. The van der Waals surface area contributed by atoms with Crippen LogP contribution >= 0.6 is 11.8 Å². The first-order valence-corrected chi connectivity index (χ1v) is 6.20. The first-order valence-electron chi connectivity index (χ1n) is 5.21. The normalized spacial score (nSPS) is 32.5. The molecule has 0 aromatic rings. The summed E-state index contributed by atoms with van der Waals surface area (Å²) in [6.07, 6.45) is 0.974. The van der Waals surface area contributed by atoms with Gasteiger partial charge in [0, 0.05) is 25.4 Å². The Labute approximate surface area is 93.4 Å². The fourth-order valence-corrected chi connectivity index (χ4v) is 3.40. The summed E-state index contributed by atoms with van der Waals surface area (Å²) in [6.45, 7) is 2.19. The summed E-state index contributed by atoms with van der Waals surface area (Å²) in [5, 5.41) is 12.3. The van der Waals surface area contributed by atoms with Crippen molar-refractivity contribution in [3.8, 4) is 0 Å². The molecule has 0 saturated carbocycles. The second kappa shape index (κ2) is 4.29. The lowest BCUT2D eigenvalue weighted by atomic mass is 10.2.